The van der Waals surface area contributed by atoms with Crippen molar-refractivity contribution in [1.82, 2.24) is 25.3 Å². The fourth-order valence-corrected chi connectivity index (χ4v) is 9.10. The SMILES string of the molecule is CC[C@H](C)[C@@H]([C@@H](CC(=O)N1CCC[C@@H]1[C@H](OC)[C@@H](C)C(=O)N[C@H](C)[C@@H](O)c1ccccc1)OC)N(C)C(=O)[C@@H](NC(=O)[C@H](C(C)C)N(C)C(=O)OC1CCCCC1)C(C)C. The molecule has 14 nitrogen and oxygen atoms in total. The fourth-order valence-electron chi connectivity index (χ4n) is 9.10. The molecule has 1 heterocycles. The molecular formula is C46H77N5O9. The van der Waals surface area contributed by atoms with E-state index >= 15 is 0 Å². The zero-order valence-electron chi connectivity index (χ0n) is 38.5. The van der Waals surface area contributed by atoms with Crippen LogP contribution < -0.4 is 10.6 Å². The third-order valence-electron chi connectivity index (χ3n) is 12.9. The third kappa shape index (κ3) is 13.1. The number of carbonyl (C=O) groups is 5. The summed E-state index contributed by atoms with van der Waals surface area (Å²) in [6.45, 7) is 15.5. The molecule has 0 spiro atoms. The second-order valence-electron chi connectivity index (χ2n) is 17.9. The van der Waals surface area contributed by atoms with E-state index in [2.05, 4.69) is 10.6 Å². The van der Waals surface area contributed by atoms with Crippen LogP contribution in [0.1, 0.15) is 125 Å². The van der Waals surface area contributed by atoms with Crippen molar-refractivity contribution in [2.75, 3.05) is 34.9 Å². The number of hydrogen-bond donors (Lipinski definition) is 3. The van der Waals surface area contributed by atoms with Crippen molar-refractivity contribution in [3.8, 4) is 0 Å². The number of likely N-dealkylation sites (N-methyl/N-ethyl adjacent to an activating group) is 2. The first kappa shape index (κ1) is 50.6. The Labute approximate surface area is 359 Å². The highest BCUT2D eigenvalue weighted by Gasteiger charge is 2.44. The lowest BCUT2D eigenvalue weighted by Gasteiger charge is -2.41. The molecule has 1 aliphatic carbocycles. The lowest BCUT2D eigenvalue weighted by atomic mass is 9.89. The Hall–Kier alpha value is -3.75. The molecule has 14 heteroatoms. The van der Waals surface area contributed by atoms with Gasteiger partial charge < -0.3 is 39.8 Å². The average molecular weight is 844 g/mol. The van der Waals surface area contributed by atoms with E-state index < -0.39 is 60.4 Å². The number of benzene rings is 1. The van der Waals surface area contributed by atoms with Gasteiger partial charge in [-0.3, -0.25) is 24.1 Å². The lowest BCUT2D eigenvalue weighted by Crippen LogP contribution is -2.60. The van der Waals surface area contributed by atoms with Crippen molar-refractivity contribution >= 4 is 29.7 Å². The molecule has 3 rings (SSSR count). The van der Waals surface area contributed by atoms with Crippen LogP contribution in [0, 0.1) is 23.7 Å². The van der Waals surface area contributed by atoms with Gasteiger partial charge in [0.1, 0.15) is 18.2 Å². The molecule has 0 radical (unpaired) electrons. The van der Waals surface area contributed by atoms with Gasteiger partial charge in [0.15, 0.2) is 0 Å². The number of rotatable bonds is 21. The number of amides is 5. The van der Waals surface area contributed by atoms with Crippen LogP contribution in [-0.2, 0) is 33.4 Å². The zero-order chi connectivity index (χ0) is 44.8. The Balaban J connectivity index is 1.76. The van der Waals surface area contributed by atoms with Crippen LogP contribution in [0.4, 0.5) is 4.79 Å². The number of nitrogens with zero attached hydrogens (tertiary/aromatic N) is 3. The Morgan fingerprint density at radius 1 is 0.817 bits per heavy atom. The monoisotopic (exact) mass is 844 g/mol. The predicted octanol–water partition coefficient (Wildman–Crippen LogP) is 5.71. The maximum atomic E-state index is 14.5. The minimum absolute atomic E-state index is 0.0149. The van der Waals surface area contributed by atoms with Crippen LogP contribution >= 0.6 is 0 Å². The molecule has 340 valence electrons. The van der Waals surface area contributed by atoms with Gasteiger partial charge in [-0.05, 0) is 68.8 Å². The van der Waals surface area contributed by atoms with Gasteiger partial charge in [-0.1, -0.05) is 91.6 Å². The predicted molar refractivity (Wildman–Crippen MR) is 232 cm³/mol. The molecule has 0 unspecified atom stereocenters. The summed E-state index contributed by atoms with van der Waals surface area (Å²) in [5.41, 5.74) is 0.699. The molecule has 1 saturated heterocycles. The molecule has 2 aliphatic rings. The number of hydrogen-bond acceptors (Lipinski definition) is 9. The van der Waals surface area contributed by atoms with Crippen LogP contribution in [0.15, 0.2) is 30.3 Å². The highest BCUT2D eigenvalue weighted by molar-refractivity contribution is 5.91. The minimum atomic E-state index is -0.916. The van der Waals surface area contributed by atoms with Gasteiger partial charge in [-0.15, -0.1) is 0 Å². The Kier molecular flexibility index (Phi) is 20.3. The molecule has 0 bridgehead atoms. The van der Waals surface area contributed by atoms with Gasteiger partial charge in [-0.25, -0.2) is 4.79 Å². The number of likely N-dealkylation sites (tertiary alicyclic amines) is 1. The summed E-state index contributed by atoms with van der Waals surface area (Å²) in [4.78, 5) is 74.3. The second-order valence-corrected chi connectivity index (χ2v) is 17.9. The summed E-state index contributed by atoms with van der Waals surface area (Å²) in [6.07, 6.45) is 3.93. The van der Waals surface area contributed by atoms with E-state index in [1.807, 2.05) is 71.9 Å². The summed E-state index contributed by atoms with van der Waals surface area (Å²) in [7, 11) is 6.35. The Bertz CT molecular complexity index is 1520. The van der Waals surface area contributed by atoms with E-state index in [1.54, 1.807) is 52.0 Å². The number of aliphatic hydroxyl groups is 1. The molecule has 60 heavy (non-hydrogen) atoms. The number of methoxy groups -OCH3 is 2. The van der Waals surface area contributed by atoms with Crippen molar-refractivity contribution in [3.05, 3.63) is 35.9 Å². The standard InChI is InChI=1S/C46H77N5O9/c1-13-30(6)40(49(9)45(56)38(28(2)3)48-44(55)39(29(4)5)50(10)46(57)60-34-23-18-15-19-24-34)36(58-11)27-37(52)51-26-20-25-35(51)42(59-12)31(7)43(54)47-32(8)41(53)33-21-16-14-17-22-33/h14,16-17,21-22,28-32,34-36,38-42,53H,13,15,18-20,23-27H2,1-12H3,(H,47,54)(H,48,55)/t30-,31+,32+,35+,36+,38-,39-,40-,41+,42+/m0/s1. The van der Waals surface area contributed by atoms with E-state index in [0.717, 1.165) is 38.5 Å². The molecule has 1 aromatic carbocycles. The molecule has 1 aliphatic heterocycles. The summed E-state index contributed by atoms with van der Waals surface area (Å²) in [5, 5.41) is 16.8. The number of nitrogens with one attached hydrogen (secondary N) is 2. The van der Waals surface area contributed by atoms with E-state index in [1.165, 1.54) is 4.90 Å². The Morgan fingerprint density at radius 3 is 2.00 bits per heavy atom. The molecule has 1 saturated carbocycles. The summed E-state index contributed by atoms with van der Waals surface area (Å²) in [6, 6.07) is 5.93. The van der Waals surface area contributed by atoms with Crippen LogP contribution in [0.3, 0.4) is 0 Å². The molecule has 0 aromatic heterocycles. The van der Waals surface area contributed by atoms with Gasteiger partial charge in [0.2, 0.25) is 23.6 Å². The van der Waals surface area contributed by atoms with E-state index in [0.29, 0.717) is 24.9 Å². The smallest absolute Gasteiger partial charge is 0.410 e. The van der Waals surface area contributed by atoms with Crippen molar-refractivity contribution in [2.45, 2.75) is 168 Å². The van der Waals surface area contributed by atoms with Gasteiger partial charge in [0.25, 0.3) is 0 Å². The first-order chi connectivity index (χ1) is 28.4. The van der Waals surface area contributed by atoms with Crippen molar-refractivity contribution in [2.24, 2.45) is 23.7 Å². The van der Waals surface area contributed by atoms with Crippen molar-refractivity contribution in [1.29, 1.82) is 0 Å². The van der Waals surface area contributed by atoms with Crippen molar-refractivity contribution in [3.63, 3.8) is 0 Å². The number of carbonyl (C=O) groups excluding carboxylic acids is 5. The van der Waals surface area contributed by atoms with Gasteiger partial charge in [0.05, 0.1) is 48.8 Å². The maximum absolute atomic E-state index is 14.5. The fraction of sp³-hybridized carbons (Fsp3) is 0.761. The summed E-state index contributed by atoms with van der Waals surface area (Å²) in [5.74, 6) is -2.48. The van der Waals surface area contributed by atoms with Crippen LogP contribution in [-0.4, -0.2) is 133 Å². The third-order valence-corrected chi connectivity index (χ3v) is 12.9. The van der Waals surface area contributed by atoms with Crippen LogP contribution in [0.25, 0.3) is 0 Å². The first-order valence-electron chi connectivity index (χ1n) is 22.3. The summed E-state index contributed by atoms with van der Waals surface area (Å²) < 4.78 is 17.8. The average Bonchev–Trinajstić information content (AvgIpc) is 3.72. The second kappa shape index (κ2) is 24.0. The van der Waals surface area contributed by atoms with Crippen molar-refractivity contribution < 1.29 is 43.3 Å². The van der Waals surface area contributed by atoms with Crippen LogP contribution in [0.5, 0.6) is 0 Å². The van der Waals surface area contributed by atoms with E-state index in [9.17, 15) is 29.1 Å². The topological polar surface area (TPSA) is 167 Å². The van der Waals surface area contributed by atoms with Crippen LogP contribution in [0.2, 0.25) is 0 Å². The molecule has 1 aromatic rings. The molecule has 2 fully saturated rings. The maximum Gasteiger partial charge on any atom is 0.410 e. The van der Waals surface area contributed by atoms with Gasteiger partial charge in [-0.2, -0.15) is 0 Å². The molecule has 5 amide bonds. The highest BCUT2D eigenvalue weighted by atomic mass is 16.6. The summed E-state index contributed by atoms with van der Waals surface area (Å²) >= 11 is 0. The normalized spacial score (nSPS) is 20.6. The Morgan fingerprint density at radius 2 is 1.45 bits per heavy atom. The quantitative estimate of drug-likeness (QED) is 0.141. The number of ether oxygens (including phenoxy) is 3. The highest BCUT2D eigenvalue weighted by Crippen LogP contribution is 2.30. The largest absolute Gasteiger partial charge is 0.446 e. The lowest BCUT2D eigenvalue weighted by molar-refractivity contribution is -0.148. The minimum Gasteiger partial charge on any atom is -0.446 e. The van der Waals surface area contributed by atoms with Gasteiger partial charge >= 0.3 is 6.09 Å². The van der Waals surface area contributed by atoms with Gasteiger partial charge in [0, 0.05) is 34.9 Å². The molecule has 3 N–H and O–H groups in total. The van der Waals surface area contributed by atoms with E-state index in [4.69, 9.17) is 14.2 Å². The zero-order valence-corrected chi connectivity index (χ0v) is 38.5. The molecule has 10 atom stereocenters. The first-order valence-corrected chi connectivity index (χ1v) is 22.3. The number of aliphatic hydroxyl groups excluding tert-OH is 1. The van der Waals surface area contributed by atoms with E-state index in [-0.39, 0.29) is 54.0 Å². The molecular weight excluding hydrogens is 767 g/mol.